The molecular formula is C12H22N2O. The minimum Gasteiger partial charge on any atom is -0.342 e. The second-order valence-electron chi connectivity index (χ2n) is 5.02. The maximum atomic E-state index is 12.0. The fourth-order valence-electron chi connectivity index (χ4n) is 2.78. The molecule has 2 aliphatic rings. The number of carbonyl (C=O) groups is 1. The minimum atomic E-state index is 0.345. The van der Waals surface area contributed by atoms with Gasteiger partial charge in [0.2, 0.25) is 5.91 Å². The molecule has 0 radical (unpaired) electrons. The van der Waals surface area contributed by atoms with E-state index in [1.54, 1.807) is 0 Å². The van der Waals surface area contributed by atoms with Crippen LogP contribution in [0, 0.1) is 11.8 Å². The fourth-order valence-corrected chi connectivity index (χ4v) is 2.78. The molecule has 0 aromatic heterocycles. The molecule has 0 bridgehead atoms. The van der Waals surface area contributed by atoms with E-state index in [2.05, 4.69) is 0 Å². The SMILES string of the molecule is NCCC1CN(C(=O)C2CCCCC2)C1. The largest absolute Gasteiger partial charge is 0.342 e. The summed E-state index contributed by atoms with van der Waals surface area (Å²) in [5.41, 5.74) is 5.50. The Morgan fingerprint density at radius 3 is 2.47 bits per heavy atom. The lowest BCUT2D eigenvalue weighted by molar-refractivity contribution is -0.143. The Hall–Kier alpha value is -0.570. The smallest absolute Gasteiger partial charge is 0.225 e. The van der Waals surface area contributed by atoms with E-state index in [0.717, 1.165) is 38.9 Å². The van der Waals surface area contributed by atoms with Crippen LogP contribution in [-0.4, -0.2) is 30.4 Å². The summed E-state index contributed by atoms with van der Waals surface area (Å²) in [7, 11) is 0. The summed E-state index contributed by atoms with van der Waals surface area (Å²) in [6.45, 7) is 2.69. The zero-order valence-electron chi connectivity index (χ0n) is 9.45. The molecule has 3 nitrogen and oxygen atoms in total. The van der Waals surface area contributed by atoms with E-state index in [1.807, 2.05) is 4.90 Å². The van der Waals surface area contributed by atoms with Crippen molar-refractivity contribution in [1.82, 2.24) is 4.90 Å². The Kier molecular flexibility index (Phi) is 3.62. The third kappa shape index (κ3) is 2.51. The Morgan fingerprint density at radius 1 is 1.20 bits per heavy atom. The van der Waals surface area contributed by atoms with Crippen molar-refractivity contribution < 1.29 is 4.79 Å². The molecule has 1 aliphatic carbocycles. The van der Waals surface area contributed by atoms with Crippen LogP contribution in [0.15, 0.2) is 0 Å². The van der Waals surface area contributed by atoms with Crippen LogP contribution in [-0.2, 0) is 4.79 Å². The predicted molar refractivity (Wildman–Crippen MR) is 60.3 cm³/mol. The zero-order valence-corrected chi connectivity index (χ0v) is 9.45. The van der Waals surface area contributed by atoms with E-state index in [0.29, 0.717) is 17.7 Å². The van der Waals surface area contributed by atoms with Gasteiger partial charge in [-0.2, -0.15) is 0 Å². The highest BCUT2D eigenvalue weighted by Gasteiger charge is 2.34. The number of amides is 1. The van der Waals surface area contributed by atoms with Crippen LogP contribution in [0.2, 0.25) is 0 Å². The molecule has 1 saturated heterocycles. The van der Waals surface area contributed by atoms with E-state index in [9.17, 15) is 4.79 Å². The number of nitrogens with zero attached hydrogens (tertiary/aromatic N) is 1. The second kappa shape index (κ2) is 4.97. The molecule has 2 rings (SSSR count). The third-order valence-corrected chi connectivity index (χ3v) is 3.80. The molecule has 0 spiro atoms. The predicted octanol–water partition coefficient (Wildman–Crippen LogP) is 1.37. The Balaban J connectivity index is 1.73. The van der Waals surface area contributed by atoms with Gasteiger partial charge in [-0.3, -0.25) is 4.79 Å². The van der Waals surface area contributed by atoms with Gasteiger partial charge in [0.15, 0.2) is 0 Å². The minimum absolute atomic E-state index is 0.345. The van der Waals surface area contributed by atoms with E-state index in [4.69, 9.17) is 5.73 Å². The molecule has 1 heterocycles. The summed E-state index contributed by atoms with van der Waals surface area (Å²) in [5, 5.41) is 0. The highest BCUT2D eigenvalue weighted by molar-refractivity contribution is 5.79. The van der Waals surface area contributed by atoms with Crippen molar-refractivity contribution in [3.05, 3.63) is 0 Å². The third-order valence-electron chi connectivity index (χ3n) is 3.80. The number of carbonyl (C=O) groups excluding carboxylic acids is 1. The van der Waals surface area contributed by atoms with Crippen molar-refractivity contribution >= 4 is 5.91 Å². The highest BCUT2D eigenvalue weighted by atomic mass is 16.2. The number of rotatable bonds is 3. The summed E-state index contributed by atoms with van der Waals surface area (Å²) in [5.74, 6) is 1.45. The molecule has 15 heavy (non-hydrogen) atoms. The molecular weight excluding hydrogens is 188 g/mol. The van der Waals surface area contributed by atoms with Crippen molar-refractivity contribution in [2.45, 2.75) is 38.5 Å². The van der Waals surface area contributed by atoms with Crippen LogP contribution in [0.5, 0.6) is 0 Å². The van der Waals surface area contributed by atoms with Gasteiger partial charge in [-0.1, -0.05) is 19.3 Å². The molecule has 1 saturated carbocycles. The van der Waals surface area contributed by atoms with Gasteiger partial charge in [0, 0.05) is 19.0 Å². The van der Waals surface area contributed by atoms with Crippen molar-refractivity contribution in [2.24, 2.45) is 17.6 Å². The standard InChI is InChI=1S/C12H22N2O/c13-7-6-10-8-14(9-10)12(15)11-4-2-1-3-5-11/h10-11H,1-9,13H2. The first-order chi connectivity index (χ1) is 7.31. The van der Waals surface area contributed by atoms with Crippen molar-refractivity contribution in [2.75, 3.05) is 19.6 Å². The molecule has 86 valence electrons. The van der Waals surface area contributed by atoms with Crippen molar-refractivity contribution in [1.29, 1.82) is 0 Å². The van der Waals surface area contributed by atoms with E-state index < -0.39 is 0 Å². The molecule has 2 fully saturated rings. The molecule has 2 N–H and O–H groups in total. The van der Waals surface area contributed by atoms with E-state index >= 15 is 0 Å². The quantitative estimate of drug-likeness (QED) is 0.765. The van der Waals surface area contributed by atoms with Crippen LogP contribution in [0.4, 0.5) is 0 Å². The molecule has 3 heteroatoms. The lowest BCUT2D eigenvalue weighted by Gasteiger charge is -2.41. The van der Waals surface area contributed by atoms with Crippen LogP contribution in [0.3, 0.4) is 0 Å². The van der Waals surface area contributed by atoms with Gasteiger partial charge in [-0.15, -0.1) is 0 Å². The van der Waals surface area contributed by atoms with Gasteiger partial charge >= 0.3 is 0 Å². The number of hydrogen-bond donors (Lipinski definition) is 1. The van der Waals surface area contributed by atoms with Gasteiger partial charge in [0.1, 0.15) is 0 Å². The average Bonchev–Trinajstić information content (AvgIpc) is 2.23. The molecule has 0 atom stereocenters. The maximum Gasteiger partial charge on any atom is 0.225 e. The van der Waals surface area contributed by atoms with Gasteiger partial charge in [-0.05, 0) is 31.7 Å². The van der Waals surface area contributed by atoms with E-state index in [-0.39, 0.29) is 0 Å². The first-order valence-corrected chi connectivity index (χ1v) is 6.30. The first-order valence-electron chi connectivity index (χ1n) is 6.30. The van der Waals surface area contributed by atoms with Gasteiger partial charge in [0.25, 0.3) is 0 Å². The maximum absolute atomic E-state index is 12.0. The Bertz CT molecular complexity index is 218. The van der Waals surface area contributed by atoms with Crippen molar-refractivity contribution in [3.8, 4) is 0 Å². The van der Waals surface area contributed by atoms with Gasteiger partial charge < -0.3 is 10.6 Å². The fraction of sp³-hybridized carbons (Fsp3) is 0.917. The summed E-state index contributed by atoms with van der Waals surface area (Å²) in [6.07, 6.45) is 7.13. The van der Waals surface area contributed by atoms with Crippen LogP contribution in [0.1, 0.15) is 38.5 Å². The van der Waals surface area contributed by atoms with Gasteiger partial charge in [0.05, 0.1) is 0 Å². The molecule has 0 aromatic rings. The lowest BCUT2D eigenvalue weighted by Crippen LogP contribution is -2.52. The zero-order chi connectivity index (χ0) is 10.7. The monoisotopic (exact) mass is 210 g/mol. The van der Waals surface area contributed by atoms with Crippen molar-refractivity contribution in [3.63, 3.8) is 0 Å². The van der Waals surface area contributed by atoms with Crippen LogP contribution in [0.25, 0.3) is 0 Å². The van der Waals surface area contributed by atoms with Crippen LogP contribution >= 0.6 is 0 Å². The van der Waals surface area contributed by atoms with E-state index in [1.165, 1.54) is 19.3 Å². The topological polar surface area (TPSA) is 46.3 Å². The lowest BCUT2D eigenvalue weighted by atomic mass is 9.86. The normalized spacial score (nSPS) is 23.9. The summed E-state index contributed by atoms with van der Waals surface area (Å²) in [4.78, 5) is 14.1. The number of likely N-dealkylation sites (tertiary alicyclic amines) is 1. The Morgan fingerprint density at radius 2 is 1.87 bits per heavy atom. The first kappa shape index (κ1) is 10.9. The molecule has 1 aliphatic heterocycles. The molecule has 1 amide bonds. The number of nitrogens with two attached hydrogens (primary N) is 1. The second-order valence-corrected chi connectivity index (χ2v) is 5.02. The van der Waals surface area contributed by atoms with Crippen LogP contribution < -0.4 is 5.73 Å². The summed E-state index contributed by atoms with van der Waals surface area (Å²) in [6, 6.07) is 0. The summed E-state index contributed by atoms with van der Waals surface area (Å²) < 4.78 is 0. The highest BCUT2D eigenvalue weighted by Crippen LogP contribution is 2.28. The Labute approximate surface area is 92.0 Å². The summed E-state index contributed by atoms with van der Waals surface area (Å²) >= 11 is 0. The van der Waals surface area contributed by atoms with Gasteiger partial charge in [-0.25, -0.2) is 0 Å². The average molecular weight is 210 g/mol. The number of hydrogen-bond acceptors (Lipinski definition) is 2. The molecule has 0 unspecified atom stereocenters. The molecule has 0 aromatic carbocycles.